The second-order valence-electron chi connectivity index (χ2n) is 4.50. The van der Waals surface area contributed by atoms with Gasteiger partial charge in [-0.25, -0.2) is 4.79 Å². The number of nitrogens with zero attached hydrogens (tertiary/aromatic N) is 2. The van der Waals surface area contributed by atoms with Crippen molar-refractivity contribution in [3.63, 3.8) is 0 Å². The number of aromatic nitrogens is 1. The maximum Gasteiger partial charge on any atom is 0.338 e. The lowest BCUT2D eigenvalue weighted by molar-refractivity contribution is 0.0678. The van der Waals surface area contributed by atoms with Crippen LogP contribution in [0.2, 0.25) is 0 Å². The summed E-state index contributed by atoms with van der Waals surface area (Å²) in [6.07, 6.45) is 1.41. The van der Waals surface area contributed by atoms with E-state index in [2.05, 4.69) is 20.9 Å². The van der Waals surface area contributed by atoms with E-state index in [1.807, 2.05) is 24.3 Å². The fourth-order valence-electron chi connectivity index (χ4n) is 1.91. The van der Waals surface area contributed by atoms with E-state index in [0.717, 1.165) is 10.0 Å². The molecule has 0 aliphatic heterocycles. The molecule has 0 spiro atoms. The molecule has 2 rings (SSSR count). The molecule has 5 nitrogen and oxygen atoms in total. The molecule has 1 aromatic carbocycles. The van der Waals surface area contributed by atoms with Crippen molar-refractivity contribution in [3.05, 3.63) is 63.9 Å². The average Bonchev–Trinajstić information content (AvgIpc) is 2.46. The van der Waals surface area contributed by atoms with Crippen molar-refractivity contribution in [3.8, 4) is 0 Å². The summed E-state index contributed by atoms with van der Waals surface area (Å²) >= 11 is 3.37. The van der Waals surface area contributed by atoms with Crippen LogP contribution in [0, 0.1) is 0 Å². The van der Waals surface area contributed by atoms with Crippen molar-refractivity contribution in [1.82, 2.24) is 9.88 Å². The van der Waals surface area contributed by atoms with E-state index in [-0.39, 0.29) is 11.3 Å². The fourth-order valence-corrected chi connectivity index (χ4v) is 2.36. The highest BCUT2D eigenvalue weighted by Crippen LogP contribution is 2.15. The van der Waals surface area contributed by atoms with Crippen LogP contribution in [0.25, 0.3) is 0 Å². The number of benzene rings is 1. The first kappa shape index (κ1) is 15.2. The predicted octanol–water partition coefficient (Wildman–Crippen LogP) is 2.81. The lowest BCUT2D eigenvalue weighted by atomic mass is 10.1. The van der Waals surface area contributed by atoms with E-state index in [1.54, 1.807) is 7.05 Å². The Morgan fingerprint density at radius 3 is 2.71 bits per heavy atom. The summed E-state index contributed by atoms with van der Waals surface area (Å²) in [5.41, 5.74) is 0.791. The minimum absolute atomic E-state index is 0.0532. The summed E-state index contributed by atoms with van der Waals surface area (Å²) in [5, 5.41) is 9.11. The van der Waals surface area contributed by atoms with E-state index in [0.29, 0.717) is 6.54 Å². The number of amides is 1. The fraction of sp³-hybridized carbons (Fsp3) is 0.133. The first-order chi connectivity index (χ1) is 9.99. The number of hydrogen-bond acceptors (Lipinski definition) is 3. The Bertz CT molecular complexity index is 688. The number of carbonyl (C=O) groups excluding carboxylic acids is 1. The summed E-state index contributed by atoms with van der Waals surface area (Å²) in [6, 6.07) is 10.4. The number of pyridine rings is 1. The molecule has 1 aromatic heterocycles. The van der Waals surface area contributed by atoms with Crippen molar-refractivity contribution in [2.75, 3.05) is 7.05 Å². The molecule has 0 aliphatic carbocycles. The summed E-state index contributed by atoms with van der Waals surface area (Å²) < 4.78 is 0.921. The van der Waals surface area contributed by atoms with Gasteiger partial charge in [-0.1, -0.05) is 28.1 Å². The Morgan fingerprint density at radius 1 is 1.29 bits per heavy atom. The average molecular weight is 349 g/mol. The van der Waals surface area contributed by atoms with Gasteiger partial charge in [0.25, 0.3) is 5.91 Å². The van der Waals surface area contributed by atoms with Crippen LogP contribution in [-0.2, 0) is 6.54 Å². The maximum atomic E-state index is 12.3. The zero-order valence-corrected chi connectivity index (χ0v) is 12.9. The third kappa shape index (κ3) is 3.66. The van der Waals surface area contributed by atoms with Gasteiger partial charge in [0.05, 0.1) is 5.56 Å². The molecule has 0 aliphatic rings. The third-order valence-corrected chi connectivity index (χ3v) is 3.39. The van der Waals surface area contributed by atoms with E-state index in [1.165, 1.54) is 23.2 Å². The monoisotopic (exact) mass is 348 g/mol. The van der Waals surface area contributed by atoms with Gasteiger partial charge in [0.15, 0.2) is 0 Å². The minimum Gasteiger partial charge on any atom is -0.478 e. The first-order valence-electron chi connectivity index (χ1n) is 6.17. The van der Waals surface area contributed by atoms with Crippen LogP contribution in [0.5, 0.6) is 0 Å². The summed E-state index contributed by atoms with van der Waals surface area (Å²) in [5.74, 6) is -1.59. The predicted molar refractivity (Wildman–Crippen MR) is 81.1 cm³/mol. The van der Waals surface area contributed by atoms with Crippen LogP contribution in [0.1, 0.15) is 26.4 Å². The highest BCUT2D eigenvalue weighted by Gasteiger charge is 2.20. The molecule has 6 heteroatoms. The topological polar surface area (TPSA) is 70.5 Å². The quantitative estimate of drug-likeness (QED) is 0.922. The van der Waals surface area contributed by atoms with Gasteiger partial charge in [-0.05, 0) is 29.8 Å². The molecular weight excluding hydrogens is 336 g/mol. The molecule has 0 unspecified atom stereocenters. The van der Waals surface area contributed by atoms with Crippen molar-refractivity contribution in [2.45, 2.75) is 6.54 Å². The zero-order valence-electron chi connectivity index (χ0n) is 11.3. The van der Waals surface area contributed by atoms with Crippen LogP contribution in [-0.4, -0.2) is 33.9 Å². The first-order valence-corrected chi connectivity index (χ1v) is 6.96. The van der Waals surface area contributed by atoms with Crippen LogP contribution < -0.4 is 0 Å². The Hall–Kier alpha value is -2.21. The number of aromatic carboxylic acids is 1. The van der Waals surface area contributed by atoms with Gasteiger partial charge < -0.3 is 10.0 Å². The number of carboxylic acids is 1. The van der Waals surface area contributed by atoms with Gasteiger partial charge in [-0.15, -0.1) is 0 Å². The minimum atomic E-state index is -1.16. The summed E-state index contributed by atoms with van der Waals surface area (Å²) in [4.78, 5) is 28.8. The molecular formula is C15H13BrN2O3. The van der Waals surface area contributed by atoms with Crippen LogP contribution >= 0.6 is 15.9 Å². The maximum absolute atomic E-state index is 12.3. The molecule has 108 valence electrons. The molecule has 0 radical (unpaired) electrons. The van der Waals surface area contributed by atoms with Gasteiger partial charge in [-0.2, -0.15) is 0 Å². The van der Waals surface area contributed by atoms with E-state index < -0.39 is 11.9 Å². The molecule has 0 bridgehead atoms. The second kappa shape index (κ2) is 6.49. The Morgan fingerprint density at radius 2 is 2.05 bits per heavy atom. The van der Waals surface area contributed by atoms with Crippen molar-refractivity contribution in [2.24, 2.45) is 0 Å². The Kier molecular flexibility index (Phi) is 4.70. The van der Waals surface area contributed by atoms with Gasteiger partial charge in [0.1, 0.15) is 5.69 Å². The van der Waals surface area contributed by atoms with Crippen LogP contribution in [0.4, 0.5) is 0 Å². The number of carboxylic acid groups (broad SMARTS) is 1. The van der Waals surface area contributed by atoms with Crippen LogP contribution in [0.3, 0.4) is 0 Å². The van der Waals surface area contributed by atoms with Crippen LogP contribution in [0.15, 0.2) is 47.1 Å². The summed E-state index contributed by atoms with van der Waals surface area (Å²) in [7, 11) is 1.61. The number of halogens is 1. The molecule has 2 aromatic rings. The molecule has 0 atom stereocenters. The number of carbonyl (C=O) groups is 2. The van der Waals surface area contributed by atoms with Crippen molar-refractivity contribution >= 4 is 27.8 Å². The highest BCUT2D eigenvalue weighted by atomic mass is 79.9. The Balaban J connectivity index is 2.22. The third-order valence-electron chi connectivity index (χ3n) is 2.90. The molecule has 1 heterocycles. The standard InChI is InChI=1S/C15H13BrN2O3/c1-18(9-10-4-2-5-11(16)8-10)14(19)13-12(15(20)21)6-3-7-17-13/h2-8H,9H2,1H3,(H,20,21). The lowest BCUT2D eigenvalue weighted by Crippen LogP contribution is -2.28. The molecule has 1 amide bonds. The normalized spacial score (nSPS) is 10.2. The van der Waals surface area contributed by atoms with Gasteiger partial charge in [-0.3, -0.25) is 9.78 Å². The SMILES string of the molecule is CN(Cc1cccc(Br)c1)C(=O)c1ncccc1C(=O)O. The highest BCUT2D eigenvalue weighted by molar-refractivity contribution is 9.10. The molecule has 0 fully saturated rings. The van der Waals surface area contributed by atoms with E-state index in [4.69, 9.17) is 5.11 Å². The molecule has 21 heavy (non-hydrogen) atoms. The number of hydrogen-bond donors (Lipinski definition) is 1. The lowest BCUT2D eigenvalue weighted by Gasteiger charge is -2.17. The van der Waals surface area contributed by atoms with Crippen molar-refractivity contribution < 1.29 is 14.7 Å². The molecule has 1 N–H and O–H groups in total. The molecule has 0 saturated carbocycles. The van der Waals surface area contributed by atoms with Gasteiger partial charge >= 0.3 is 5.97 Å². The van der Waals surface area contributed by atoms with Crippen molar-refractivity contribution in [1.29, 1.82) is 0 Å². The molecule has 0 saturated heterocycles. The smallest absolute Gasteiger partial charge is 0.338 e. The number of rotatable bonds is 4. The summed E-state index contributed by atoms with van der Waals surface area (Å²) in [6.45, 7) is 0.369. The largest absolute Gasteiger partial charge is 0.478 e. The second-order valence-corrected chi connectivity index (χ2v) is 5.41. The van der Waals surface area contributed by atoms with Gasteiger partial charge in [0, 0.05) is 24.3 Å². The van der Waals surface area contributed by atoms with E-state index >= 15 is 0 Å². The zero-order chi connectivity index (χ0) is 15.4. The van der Waals surface area contributed by atoms with E-state index in [9.17, 15) is 9.59 Å². The van der Waals surface area contributed by atoms with Gasteiger partial charge in [0.2, 0.25) is 0 Å². The Labute approximate surface area is 130 Å².